The molecule has 0 N–H and O–H groups in total. The van der Waals surface area contributed by atoms with E-state index in [9.17, 15) is 4.79 Å². The van der Waals surface area contributed by atoms with Gasteiger partial charge >= 0.3 is 0 Å². The van der Waals surface area contributed by atoms with Crippen LogP contribution in [0.15, 0.2) is 0 Å². The number of carbonyl (C=O) groups is 1. The Morgan fingerprint density at radius 1 is 1.38 bits per heavy atom. The quantitative estimate of drug-likeness (QED) is 0.649. The molecule has 2 unspecified atom stereocenters. The zero-order valence-electron chi connectivity index (χ0n) is 9.01. The van der Waals surface area contributed by atoms with E-state index in [0.29, 0.717) is 11.7 Å². The summed E-state index contributed by atoms with van der Waals surface area (Å²) in [6.45, 7) is 4.00. The fraction of sp³-hybridized carbons (Fsp3) is 0.917. The van der Waals surface area contributed by atoms with Crippen molar-refractivity contribution in [1.82, 2.24) is 0 Å². The minimum absolute atomic E-state index is 0.399. The second-order valence-corrected chi connectivity index (χ2v) is 4.48. The third-order valence-electron chi connectivity index (χ3n) is 3.32. The zero-order chi connectivity index (χ0) is 9.68. The first-order valence-corrected chi connectivity index (χ1v) is 5.74. The molecule has 1 rings (SSSR count). The molecule has 0 bridgehead atoms. The third-order valence-corrected chi connectivity index (χ3v) is 3.32. The fourth-order valence-electron chi connectivity index (χ4n) is 2.42. The Morgan fingerprint density at radius 3 is 2.77 bits per heavy atom. The Hall–Kier alpha value is -0.330. The van der Waals surface area contributed by atoms with Crippen molar-refractivity contribution in [2.75, 3.05) is 0 Å². The van der Waals surface area contributed by atoms with Crippen molar-refractivity contribution in [3.8, 4) is 0 Å². The van der Waals surface area contributed by atoms with Crippen LogP contribution >= 0.6 is 0 Å². The van der Waals surface area contributed by atoms with Crippen LogP contribution in [0.3, 0.4) is 0 Å². The van der Waals surface area contributed by atoms with Gasteiger partial charge in [-0.05, 0) is 25.7 Å². The molecule has 2 atom stereocenters. The van der Waals surface area contributed by atoms with Crippen molar-refractivity contribution in [2.45, 2.75) is 58.8 Å². The van der Waals surface area contributed by atoms with Crippen LogP contribution in [0.5, 0.6) is 0 Å². The van der Waals surface area contributed by atoms with E-state index >= 15 is 0 Å². The summed E-state index contributed by atoms with van der Waals surface area (Å²) in [7, 11) is 0. The Labute approximate surface area is 81.9 Å². The molecule has 0 aliphatic heterocycles. The van der Waals surface area contributed by atoms with Crippen LogP contribution in [0.1, 0.15) is 58.8 Å². The first-order chi connectivity index (χ1) is 6.24. The van der Waals surface area contributed by atoms with Gasteiger partial charge in [-0.1, -0.05) is 39.0 Å². The van der Waals surface area contributed by atoms with Crippen molar-refractivity contribution >= 4 is 5.78 Å². The average Bonchev–Trinajstić information content (AvgIpc) is 2.15. The van der Waals surface area contributed by atoms with Gasteiger partial charge in [-0.2, -0.15) is 0 Å². The second-order valence-electron chi connectivity index (χ2n) is 4.48. The molecular weight excluding hydrogens is 160 g/mol. The highest BCUT2D eigenvalue weighted by Gasteiger charge is 2.24. The van der Waals surface area contributed by atoms with Gasteiger partial charge in [0.1, 0.15) is 5.78 Å². The lowest BCUT2D eigenvalue weighted by atomic mass is 9.78. The summed E-state index contributed by atoms with van der Waals surface area (Å²) in [6.07, 6.45) is 8.95. The first kappa shape index (κ1) is 10.7. The third kappa shape index (κ3) is 3.50. The standard InChI is InChI=1S/C12H22O/c1-3-4-6-11-7-5-8-12(9-11)10(2)13/h11-12H,3-9H2,1-2H3. The summed E-state index contributed by atoms with van der Waals surface area (Å²) < 4.78 is 0. The monoisotopic (exact) mass is 182 g/mol. The van der Waals surface area contributed by atoms with E-state index in [1.54, 1.807) is 6.92 Å². The highest BCUT2D eigenvalue weighted by atomic mass is 16.1. The van der Waals surface area contributed by atoms with Crippen molar-refractivity contribution in [3.63, 3.8) is 0 Å². The number of ketones is 1. The van der Waals surface area contributed by atoms with Crippen LogP contribution in [0.2, 0.25) is 0 Å². The smallest absolute Gasteiger partial charge is 0.132 e. The van der Waals surface area contributed by atoms with Crippen LogP contribution in [0.4, 0.5) is 0 Å². The van der Waals surface area contributed by atoms with Gasteiger partial charge in [0, 0.05) is 5.92 Å². The van der Waals surface area contributed by atoms with Gasteiger partial charge < -0.3 is 0 Å². The van der Waals surface area contributed by atoms with Gasteiger partial charge in [0.2, 0.25) is 0 Å². The fourth-order valence-corrected chi connectivity index (χ4v) is 2.42. The zero-order valence-corrected chi connectivity index (χ0v) is 9.01. The molecule has 0 radical (unpaired) electrons. The van der Waals surface area contributed by atoms with E-state index in [0.717, 1.165) is 12.3 Å². The highest BCUT2D eigenvalue weighted by molar-refractivity contribution is 5.78. The van der Waals surface area contributed by atoms with Crippen LogP contribution < -0.4 is 0 Å². The van der Waals surface area contributed by atoms with Gasteiger partial charge in [0.15, 0.2) is 0 Å². The molecule has 13 heavy (non-hydrogen) atoms. The number of carbonyl (C=O) groups excluding carboxylic acids is 1. The minimum Gasteiger partial charge on any atom is -0.300 e. The molecule has 0 heterocycles. The Morgan fingerprint density at radius 2 is 2.15 bits per heavy atom. The van der Waals surface area contributed by atoms with Gasteiger partial charge in [-0.3, -0.25) is 4.79 Å². The number of hydrogen-bond donors (Lipinski definition) is 0. The number of Topliss-reactive ketones (excluding diaryl/α,β-unsaturated/α-hetero) is 1. The first-order valence-electron chi connectivity index (χ1n) is 5.74. The molecule has 1 heteroatoms. The van der Waals surface area contributed by atoms with Crippen LogP contribution in [0.25, 0.3) is 0 Å². The SMILES string of the molecule is CCCCC1CCCC(C(C)=O)C1. The van der Waals surface area contributed by atoms with Gasteiger partial charge in [-0.25, -0.2) is 0 Å². The van der Waals surface area contributed by atoms with E-state index in [-0.39, 0.29) is 0 Å². The highest BCUT2D eigenvalue weighted by Crippen LogP contribution is 2.32. The van der Waals surface area contributed by atoms with Crippen LogP contribution in [0, 0.1) is 11.8 Å². The summed E-state index contributed by atoms with van der Waals surface area (Å²) in [5, 5.41) is 0. The summed E-state index contributed by atoms with van der Waals surface area (Å²) in [5.41, 5.74) is 0. The second kappa shape index (κ2) is 5.41. The lowest BCUT2D eigenvalue weighted by Crippen LogP contribution is -2.20. The summed E-state index contributed by atoms with van der Waals surface area (Å²) >= 11 is 0. The van der Waals surface area contributed by atoms with Crippen LogP contribution in [-0.4, -0.2) is 5.78 Å². The van der Waals surface area contributed by atoms with Crippen molar-refractivity contribution in [1.29, 1.82) is 0 Å². The Kier molecular flexibility index (Phi) is 4.47. The molecular formula is C12H22O. The van der Waals surface area contributed by atoms with E-state index in [1.807, 2.05) is 0 Å². The molecule has 0 aromatic heterocycles. The lowest BCUT2D eigenvalue weighted by Gasteiger charge is -2.27. The predicted molar refractivity (Wildman–Crippen MR) is 55.7 cm³/mol. The molecule has 1 aliphatic carbocycles. The topological polar surface area (TPSA) is 17.1 Å². The maximum Gasteiger partial charge on any atom is 0.132 e. The van der Waals surface area contributed by atoms with Crippen molar-refractivity contribution in [3.05, 3.63) is 0 Å². The van der Waals surface area contributed by atoms with Gasteiger partial charge in [0.25, 0.3) is 0 Å². The van der Waals surface area contributed by atoms with Crippen molar-refractivity contribution < 1.29 is 4.79 Å². The normalized spacial score (nSPS) is 28.8. The maximum atomic E-state index is 11.2. The largest absolute Gasteiger partial charge is 0.300 e. The van der Waals surface area contributed by atoms with Gasteiger partial charge in [-0.15, -0.1) is 0 Å². The molecule has 1 fully saturated rings. The lowest BCUT2D eigenvalue weighted by molar-refractivity contribution is -0.122. The predicted octanol–water partition coefficient (Wildman–Crippen LogP) is 3.57. The number of hydrogen-bond acceptors (Lipinski definition) is 1. The number of unbranched alkanes of at least 4 members (excludes halogenated alkanes) is 1. The molecule has 1 aliphatic rings. The summed E-state index contributed by atoms with van der Waals surface area (Å²) in [5.74, 6) is 1.67. The Bertz CT molecular complexity index is 163. The summed E-state index contributed by atoms with van der Waals surface area (Å²) in [4.78, 5) is 11.2. The van der Waals surface area contributed by atoms with Gasteiger partial charge in [0.05, 0.1) is 0 Å². The molecule has 0 saturated heterocycles. The van der Waals surface area contributed by atoms with Crippen LogP contribution in [-0.2, 0) is 4.79 Å². The van der Waals surface area contributed by atoms with E-state index in [1.165, 1.54) is 38.5 Å². The molecule has 76 valence electrons. The summed E-state index contributed by atoms with van der Waals surface area (Å²) in [6, 6.07) is 0. The molecule has 0 spiro atoms. The minimum atomic E-state index is 0.399. The Balaban J connectivity index is 2.29. The molecule has 0 amide bonds. The molecule has 1 nitrogen and oxygen atoms in total. The van der Waals surface area contributed by atoms with Crippen molar-refractivity contribution in [2.24, 2.45) is 11.8 Å². The maximum absolute atomic E-state index is 11.2. The van der Waals surface area contributed by atoms with E-state index in [2.05, 4.69) is 6.92 Å². The van der Waals surface area contributed by atoms with E-state index in [4.69, 9.17) is 0 Å². The average molecular weight is 182 g/mol. The molecule has 1 saturated carbocycles. The molecule has 0 aromatic rings. The van der Waals surface area contributed by atoms with E-state index < -0.39 is 0 Å². The molecule has 0 aromatic carbocycles. The number of rotatable bonds is 4.